The molecule has 1 fully saturated rings. The molecule has 19 heavy (non-hydrogen) atoms. The van der Waals surface area contributed by atoms with E-state index in [-0.39, 0.29) is 17.8 Å². The van der Waals surface area contributed by atoms with Crippen LogP contribution >= 0.6 is 15.9 Å². The molecule has 0 aromatic carbocycles. The minimum atomic E-state index is -0.182. The lowest BCUT2D eigenvalue weighted by Crippen LogP contribution is -2.40. The van der Waals surface area contributed by atoms with Crippen LogP contribution in [0, 0.1) is 5.92 Å². The Labute approximate surface area is 120 Å². The van der Waals surface area contributed by atoms with Crippen molar-refractivity contribution in [3.8, 4) is 0 Å². The molecule has 102 valence electrons. The summed E-state index contributed by atoms with van der Waals surface area (Å²) in [5, 5.41) is 0. The van der Waals surface area contributed by atoms with Crippen molar-refractivity contribution in [3.63, 3.8) is 0 Å². The third kappa shape index (κ3) is 3.32. The molecular formula is C13H15BrN2O3. The summed E-state index contributed by atoms with van der Waals surface area (Å²) >= 11 is 3.25. The third-order valence-corrected chi connectivity index (χ3v) is 3.72. The van der Waals surface area contributed by atoms with E-state index in [4.69, 9.17) is 4.74 Å². The summed E-state index contributed by atoms with van der Waals surface area (Å²) in [7, 11) is 1.40. The molecule has 1 amide bonds. The Bertz CT molecular complexity index is 485. The topological polar surface area (TPSA) is 59.5 Å². The molecule has 1 aliphatic heterocycles. The highest BCUT2D eigenvalue weighted by atomic mass is 79.9. The Balaban J connectivity index is 1.98. The number of esters is 1. The first kappa shape index (κ1) is 14.0. The summed E-state index contributed by atoms with van der Waals surface area (Å²) in [5.41, 5.74) is 0.610. The van der Waals surface area contributed by atoms with Gasteiger partial charge in [-0.05, 0) is 40.9 Å². The highest BCUT2D eigenvalue weighted by molar-refractivity contribution is 9.10. The molecule has 0 N–H and O–H groups in total. The monoisotopic (exact) mass is 326 g/mol. The van der Waals surface area contributed by atoms with Gasteiger partial charge in [0.2, 0.25) is 0 Å². The number of ether oxygens (including phenoxy) is 1. The number of carbonyl (C=O) groups excluding carboxylic acids is 2. The summed E-state index contributed by atoms with van der Waals surface area (Å²) in [6.45, 7) is 1.16. The second-order valence-electron chi connectivity index (χ2n) is 4.46. The fraction of sp³-hybridized carbons (Fsp3) is 0.462. The van der Waals surface area contributed by atoms with Gasteiger partial charge in [-0.25, -0.2) is 4.98 Å². The zero-order valence-corrected chi connectivity index (χ0v) is 12.2. The van der Waals surface area contributed by atoms with Crippen LogP contribution in [-0.2, 0) is 9.53 Å². The highest BCUT2D eigenvalue weighted by Crippen LogP contribution is 2.20. The van der Waals surface area contributed by atoms with Crippen LogP contribution in [0.15, 0.2) is 22.9 Å². The number of hydrogen-bond acceptors (Lipinski definition) is 4. The number of aromatic nitrogens is 1. The molecule has 0 aliphatic carbocycles. The van der Waals surface area contributed by atoms with Gasteiger partial charge in [0, 0.05) is 24.8 Å². The largest absolute Gasteiger partial charge is 0.469 e. The van der Waals surface area contributed by atoms with E-state index in [2.05, 4.69) is 20.9 Å². The maximum Gasteiger partial charge on any atom is 0.308 e. The summed E-state index contributed by atoms with van der Waals surface area (Å²) in [4.78, 5) is 29.4. The molecule has 6 heteroatoms. The molecule has 0 saturated carbocycles. The number of hydrogen-bond donors (Lipinski definition) is 0. The molecule has 1 aromatic heterocycles. The first-order valence-corrected chi connectivity index (χ1v) is 6.89. The smallest absolute Gasteiger partial charge is 0.308 e. The molecule has 1 aliphatic rings. The average Bonchev–Trinajstić information content (AvgIpc) is 2.46. The van der Waals surface area contributed by atoms with Gasteiger partial charge in [0.15, 0.2) is 0 Å². The molecular weight excluding hydrogens is 312 g/mol. The minimum Gasteiger partial charge on any atom is -0.469 e. The molecule has 2 heterocycles. The van der Waals surface area contributed by atoms with Crippen LogP contribution in [0.4, 0.5) is 0 Å². The first-order valence-electron chi connectivity index (χ1n) is 6.10. The SMILES string of the molecule is COC(=O)C1CCN(C(=O)c2ccnc(Br)c2)CC1. The lowest BCUT2D eigenvalue weighted by molar-refractivity contribution is -0.146. The summed E-state index contributed by atoms with van der Waals surface area (Å²) in [6.07, 6.45) is 2.91. The van der Waals surface area contributed by atoms with E-state index in [9.17, 15) is 9.59 Å². The van der Waals surface area contributed by atoms with Crippen LogP contribution in [-0.4, -0.2) is 42.0 Å². The number of nitrogens with zero attached hydrogens (tertiary/aromatic N) is 2. The molecule has 0 spiro atoms. The van der Waals surface area contributed by atoms with Crippen molar-refractivity contribution in [2.45, 2.75) is 12.8 Å². The van der Waals surface area contributed by atoms with Crippen LogP contribution in [0.5, 0.6) is 0 Å². The molecule has 0 unspecified atom stereocenters. The van der Waals surface area contributed by atoms with Crippen LogP contribution in [0.3, 0.4) is 0 Å². The van der Waals surface area contributed by atoms with Crippen molar-refractivity contribution in [2.75, 3.05) is 20.2 Å². The molecule has 0 radical (unpaired) electrons. The zero-order chi connectivity index (χ0) is 13.8. The van der Waals surface area contributed by atoms with Gasteiger partial charge in [0.05, 0.1) is 13.0 Å². The predicted octanol–water partition coefficient (Wildman–Crippen LogP) is 1.87. The third-order valence-electron chi connectivity index (χ3n) is 3.29. The van der Waals surface area contributed by atoms with Crippen molar-refractivity contribution in [3.05, 3.63) is 28.5 Å². The Morgan fingerprint density at radius 2 is 2.11 bits per heavy atom. The number of rotatable bonds is 2. The zero-order valence-electron chi connectivity index (χ0n) is 10.6. The van der Waals surface area contributed by atoms with Crippen molar-refractivity contribution < 1.29 is 14.3 Å². The number of methoxy groups -OCH3 is 1. The minimum absolute atomic E-state index is 0.0218. The number of carbonyl (C=O) groups is 2. The number of likely N-dealkylation sites (tertiary alicyclic amines) is 1. The number of piperidine rings is 1. The van der Waals surface area contributed by atoms with E-state index >= 15 is 0 Å². The molecule has 0 bridgehead atoms. The van der Waals surface area contributed by atoms with Gasteiger partial charge in [-0.3, -0.25) is 9.59 Å². The van der Waals surface area contributed by atoms with E-state index < -0.39 is 0 Å². The average molecular weight is 327 g/mol. The second-order valence-corrected chi connectivity index (χ2v) is 5.27. The number of pyridine rings is 1. The van der Waals surface area contributed by atoms with E-state index in [1.54, 1.807) is 23.2 Å². The fourth-order valence-electron chi connectivity index (χ4n) is 2.20. The number of halogens is 1. The molecule has 0 atom stereocenters. The summed E-state index contributed by atoms with van der Waals surface area (Å²) in [5.74, 6) is -0.289. The van der Waals surface area contributed by atoms with Crippen LogP contribution in [0.1, 0.15) is 23.2 Å². The second kappa shape index (κ2) is 6.14. The fourth-order valence-corrected chi connectivity index (χ4v) is 2.57. The predicted molar refractivity (Wildman–Crippen MR) is 72.6 cm³/mol. The van der Waals surface area contributed by atoms with E-state index in [1.165, 1.54) is 7.11 Å². The van der Waals surface area contributed by atoms with Gasteiger partial charge in [-0.15, -0.1) is 0 Å². The van der Waals surface area contributed by atoms with Gasteiger partial charge in [0.1, 0.15) is 4.60 Å². The van der Waals surface area contributed by atoms with E-state index in [0.717, 1.165) is 0 Å². The lowest BCUT2D eigenvalue weighted by Gasteiger charge is -2.30. The Hall–Kier alpha value is -1.43. The van der Waals surface area contributed by atoms with Crippen molar-refractivity contribution in [2.24, 2.45) is 5.92 Å². The van der Waals surface area contributed by atoms with Crippen molar-refractivity contribution >= 4 is 27.8 Å². The standard InChI is InChI=1S/C13H15BrN2O3/c1-19-13(18)9-3-6-16(7-4-9)12(17)10-2-5-15-11(14)8-10/h2,5,8-9H,3-4,6-7H2,1H3. The molecule has 5 nitrogen and oxygen atoms in total. The normalized spacial score (nSPS) is 16.2. The van der Waals surface area contributed by atoms with Gasteiger partial charge in [-0.2, -0.15) is 0 Å². The van der Waals surface area contributed by atoms with Crippen LogP contribution in [0.2, 0.25) is 0 Å². The van der Waals surface area contributed by atoms with E-state index in [1.807, 2.05) is 0 Å². The van der Waals surface area contributed by atoms with Crippen molar-refractivity contribution in [1.82, 2.24) is 9.88 Å². The van der Waals surface area contributed by atoms with Gasteiger partial charge in [-0.1, -0.05) is 0 Å². The van der Waals surface area contributed by atoms with Crippen LogP contribution in [0.25, 0.3) is 0 Å². The van der Waals surface area contributed by atoms with Crippen molar-refractivity contribution in [1.29, 1.82) is 0 Å². The quantitative estimate of drug-likeness (QED) is 0.615. The van der Waals surface area contributed by atoms with Gasteiger partial charge in [0.25, 0.3) is 5.91 Å². The van der Waals surface area contributed by atoms with Crippen LogP contribution < -0.4 is 0 Å². The summed E-state index contributed by atoms with van der Waals surface area (Å²) < 4.78 is 5.37. The maximum atomic E-state index is 12.3. The Morgan fingerprint density at radius 3 is 2.68 bits per heavy atom. The Morgan fingerprint density at radius 1 is 1.42 bits per heavy atom. The van der Waals surface area contributed by atoms with Gasteiger partial charge < -0.3 is 9.64 Å². The highest BCUT2D eigenvalue weighted by Gasteiger charge is 2.28. The maximum absolute atomic E-state index is 12.3. The summed E-state index contributed by atoms with van der Waals surface area (Å²) in [6, 6.07) is 3.40. The van der Waals surface area contributed by atoms with Gasteiger partial charge >= 0.3 is 5.97 Å². The lowest BCUT2D eigenvalue weighted by atomic mass is 9.96. The molecule has 2 rings (SSSR count). The Kier molecular flexibility index (Phi) is 4.52. The molecule has 1 saturated heterocycles. The molecule has 1 aromatic rings. The number of amides is 1. The first-order chi connectivity index (χ1) is 9.11. The van der Waals surface area contributed by atoms with E-state index in [0.29, 0.717) is 36.1 Å².